The highest BCUT2D eigenvalue weighted by Gasteiger charge is 2.54. The average Bonchev–Trinajstić information content (AvgIpc) is 2.51. The number of thiocarbonyl (C=S) groups is 1. The Labute approximate surface area is 170 Å². The fourth-order valence-corrected chi connectivity index (χ4v) is 5.05. The molecule has 1 aliphatic heterocycles. The second-order valence-electron chi connectivity index (χ2n) is 9.29. The van der Waals surface area contributed by atoms with Gasteiger partial charge in [-0.05, 0) is 32.0 Å². The van der Waals surface area contributed by atoms with Crippen molar-refractivity contribution >= 4 is 37.3 Å². The van der Waals surface area contributed by atoms with Crippen LogP contribution in [-0.4, -0.2) is 55.3 Å². The van der Waals surface area contributed by atoms with Crippen molar-refractivity contribution in [2.45, 2.75) is 66.4 Å². The lowest BCUT2D eigenvalue weighted by molar-refractivity contribution is -0.171. The van der Waals surface area contributed by atoms with Gasteiger partial charge < -0.3 is 14.1 Å². The number of hydrogen-bond donors (Lipinski definition) is 0. The monoisotopic (exact) mass is 413 g/mol. The molecule has 154 valence electrons. The summed E-state index contributed by atoms with van der Waals surface area (Å²) < 4.78 is 11.3. The topological polar surface area (TPSA) is 55.8 Å². The fraction of sp³-hybridized carbons (Fsp3) is 0.750. The molecule has 1 amide bonds. The minimum Gasteiger partial charge on any atom is -0.460 e. The quantitative estimate of drug-likeness (QED) is 0.189. The van der Waals surface area contributed by atoms with Crippen molar-refractivity contribution in [3.05, 3.63) is 12.7 Å². The van der Waals surface area contributed by atoms with Crippen LogP contribution in [0, 0.1) is 17.3 Å². The van der Waals surface area contributed by atoms with Gasteiger partial charge >= 0.3 is 5.97 Å². The number of β-lactam (4-membered cyclic amide) rings is 1. The second kappa shape index (κ2) is 8.96. The van der Waals surface area contributed by atoms with Crippen LogP contribution in [0.5, 0.6) is 0 Å². The summed E-state index contributed by atoms with van der Waals surface area (Å²) in [6.45, 7) is 20.2. The van der Waals surface area contributed by atoms with E-state index in [0.29, 0.717) is 0 Å². The van der Waals surface area contributed by atoms with Crippen LogP contribution in [0.2, 0.25) is 19.6 Å². The first-order valence-corrected chi connectivity index (χ1v) is 13.3. The summed E-state index contributed by atoms with van der Waals surface area (Å²) in [4.78, 5) is 27.4. The number of carbonyl (C=O) groups excluding carboxylic acids is 2. The Kier molecular flexibility index (Phi) is 7.96. The number of nitrogens with zero attached hydrogens (tertiary/aromatic N) is 1. The number of ether oxygens (including phenoxy) is 1. The number of hydrogen-bond acceptors (Lipinski definition) is 5. The molecule has 1 heterocycles. The van der Waals surface area contributed by atoms with E-state index in [1.807, 2.05) is 13.8 Å². The highest BCUT2D eigenvalue weighted by atomic mass is 32.1. The lowest BCUT2D eigenvalue weighted by Gasteiger charge is -2.53. The van der Waals surface area contributed by atoms with Crippen LogP contribution in [0.15, 0.2) is 12.7 Å². The second-order valence-corrected chi connectivity index (χ2v) is 14.2. The molecule has 1 aliphatic rings. The Morgan fingerprint density at radius 1 is 1.33 bits per heavy atom. The standard InChI is InChI=1S/C20H35NO4SSi/c1-10-11-24-15(22)12-21-17(13(2)18(26)20(4,5)6)16(19(21)23)14(3)25-27(7,8)9/h10,13-14,16-17H,1,11-12H2,2-9H3/t13-,14-,16-,17-/m1/s1. The molecule has 0 N–H and O–H groups in total. The summed E-state index contributed by atoms with van der Waals surface area (Å²) in [5.74, 6) is -0.814. The first kappa shape index (κ1) is 24.0. The number of esters is 1. The van der Waals surface area contributed by atoms with Gasteiger partial charge in [0.25, 0.3) is 0 Å². The van der Waals surface area contributed by atoms with Gasteiger partial charge in [0.05, 0.1) is 18.1 Å². The lowest BCUT2D eigenvalue weighted by Crippen LogP contribution is -2.69. The minimum atomic E-state index is -1.80. The molecule has 7 heteroatoms. The zero-order valence-corrected chi connectivity index (χ0v) is 19.8. The van der Waals surface area contributed by atoms with Crippen molar-refractivity contribution in [1.82, 2.24) is 4.90 Å². The molecule has 0 aromatic rings. The molecule has 0 bridgehead atoms. The molecule has 1 saturated heterocycles. The summed E-state index contributed by atoms with van der Waals surface area (Å²) in [7, 11) is -1.80. The molecule has 5 nitrogen and oxygen atoms in total. The number of rotatable bonds is 9. The molecular formula is C20H35NO4SSi. The van der Waals surface area contributed by atoms with Gasteiger partial charge in [-0.15, -0.1) is 0 Å². The maximum Gasteiger partial charge on any atom is 0.325 e. The van der Waals surface area contributed by atoms with Crippen molar-refractivity contribution in [1.29, 1.82) is 0 Å². The SMILES string of the molecule is C=CCOC(=O)CN1C(=O)[C@H]([C@@H](C)O[Si](C)(C)C)[C@H]1[C@@H](C)C(=S)C(C)(C)C. The average molecular weight is 414 g/mol. The molecule has 0 unspecified atom stereocenters. The van der Waals surface area contributed by atoms with E-state index in [0.717, 1.165) is 4.86 Å². The van der Waals surface area contributed by atoms with Gasteiger partial charge in [-0.2, -0.15) is 0 Å². The van der Waals surface area contributed by atoms with Crippen molar-refractivity contribution in [3.8, 4) is 0 Å². The van der Waals surface area contributed by atoms with Crippen LogP contribution in [-0.2, 0) is 18.8 Å². The van der Waals surface area contributed by atoms with Gasteiger partial charge in [0, 0.05) is 10.8 Å². The Balaban J connectivity index is 3.06. The van der Waals surface area contributed by atoms with E-state index in [2.05, 4.69) is 47.0 Å². The van der Waals surface area contributed by atoms with E-state index in [1.165, 1.54) is 6.08 Å². The zero-order valence-electron chi connectivity index (χ0n) is 18.0. The summed E-state index contributed by atoms with van der Waals surface area (Å²) in [5.41, 5.74) is -0.157. The van der Waals surface area contributed by atoms with E-state index in [9.17, 15) is 9.59 Å². The zero-order chi connectivity index (χ0) is 21.2. The van der Waals surface area contributed by atoms with Crippen molar-refractivity contribution in [2.24, 2.45) is 17.3 Å². The van der Waals surface area contributed by atoms with Crippen LogP contribution in [0.1, 0.15) is 34.6 Å². The Hall–Kier alpha value is -1.05. The van der Waals surface area contributed by atoms with Crippen LogP contribution in [0.4, 0.5) is 0 Å². The van der Waals surface area contributed by atoms with Gasteiger partial charge in [-0.25, -0.2) is 0 Å². The summed E-state index contributed by atoms with van der Waals surface area (Å²) >= 11 is 5.72. The number of carbonyl (C=O) groups is 2. The first-order chi connectivity index (χ1) is 12.2. The fourth-order valence-electron chi connectivity index (χ4n) is 3.64. The van der Waals surface area contributed by atoms with Gasteiger partial charge in [0.1, 0.15) is 13.2 Å². The van der Waals surface area contributed by atoms with Crippen molar-refractivity contribution in [3.63, 3.8) is 0 Å². The number of likely N-dealkylation sites (tertiary alicyclic amines) is 1. The third kappa shape index (κ3) is 6.22. The molecule has 0 saturated carbocycles. The molecule has 4 atom stereocenters. The van der Waals surface area contributed by atoms with Crippen molar-refractivity contribution < 1.29 is 18.8 Å². The van der Waals surface area contributed by atoms with Gasteiger partial charge in [-0.3, -0.25) is 9.59 Å². The highest BCUT2D eigenvalue weighted by Crippen LogP contribution is 2.39. The molecule has 1 fully saturated rings. The predicted molar refractivity (Wildman–Crippen MR) is 115 cm³/mol. The van der Waals surface area contributed by atoms with E-state index < -0.39 is 14.3 Å². The molecule has 0 spiro atoms. The largest absolute Gasteiger partial charge is 0.460 e. The third-order valence-corrected chi connectivity index (χ3v) is 6.73. The van der Waals surface area contributed by atoms with Crippen LogP contribution >= 0.6 is 12.2 Å². The minimum absolute atomic E-state index is 0.0254. The highest BCUT2D eigenvalue weighted by molar-refractivity contribution is 7.80. The molecule has 1 rings (SSSR count). The molecule has 0 radical (unpaired) electrons. The van der Waals surface area contributed by atoms with E-state index >= 15 is 0 Å². The van der Waals surface area contributed by atoms with Crippen LogP contribution in [0.3, 0.4) is 0 Å². The van der Waals surface area contributed by atoms with E-state index in [-0.39, 0.29) is 48.5 Å². The normalized spacial score (nSPS) is 22.7. The molecular weight excluding hydrogens is 378 g/mol. The Bertz CT molecular complexity index is 594. The third-order valence-electron chi connectivity index (χ3n) is 4.67. The molecule has 0 aromatic carbocycles. The van der Waals surface area contributed by atoms with Crippen LogP contribution in [0.25, 0.3) is 0 Å². The van der Waals surface area contributed by atoms with Gasteiger partial charge in [0.2, 0.25) is 5.91 Å². The molecule has 0 aliphatic carbocycles. The summed E-state index contributed by atoms with van der Waals surface area (Å²) in [6, 6.07) is -0.160. The predicted octanol–water partition coefficient (Wildman–Crippen LogP) is 3.83. The maximum absolute atomic E-state index is 12.9. The smallest absolute Gasteiger partial charge is 0.325 e. The Morgan fingerprint density at radius 3 is 2.33 bits per heavy atom. The summed E-state index contributed by atoms with van der Waals surface area (Å²) in [6.07, 6.45) is 1.30. The van der Waals surface area contributed by atoms with E-state index in [4.69, 9.17) is 21.4 Å². The van der Waals surface area contributed by atoms with Gasteiger partial charge in [-0.1, -0.05) is 52.6 Å². The summed E-state index contributed by atoms with van der Waals surface area (Å²) in [5, 5.41) is 0. The lowest BCUT2D eigenvalue weighted by atomic mass is 9.71. The van der Waals surface area contributed by atoms with Crippen molar-refractivity contribution in [2.75, 3.05) is 13.2 Å². The van der Waals surface area contributed by atoms with E-state index in [1.54, 1.807) is 4.90 Å². The first-order valence-electron chi connectivity index (χ1n) is 9.50. The van der Waals surface area contributed by atoms with Gasteiger partial charge in [0.15, 0.2) is 8.32 Å². The number of amides is 1. The maximum atomic E-state index is 12.9. The Morgan fingerprint density at radius 2 is 1.89 bits per heavy atom. The molecule has 0 aromatic heterocycles. The van der Waals surface area contributed by atoms with Crippen LogP contribution < -0.4 is 0 Å². The molecule has 27 heavy (non-hydrogen) atoms.